The van der Waals surface area contributed by atoms with Crippen LogP contribution in [0.3, 0.4) is 0 Å². The van der Waals surface area contributed by atoms with Crippen LogP contribution in [0.5, 0.6) is 0 Å². The second-order valence-electron chi connectivity index (χ2n) is 10.0. The van der Waals surface area contributed by atoms with Gasteiger partial charge in [0.05, 0.1) is 0 Å². The Balaban J connectivity index is 1.31. The number of benzene rings is 6. The molecule has 37 heavy (non-hydrogen) atoms. The van der Waals surface area contributed by atoms with Crippen LogP contribution >= 0.6 is 11.3 Å². The van der Waals surface area contributed by atoms with E-state index in [4.69, 9.17) is 0 Å². The summed E-state index contributed by atoms with van der Waals surface area (Å²) in [7, 11) is 0. The van der Waals surface area contributed by atoms with Gasteiger partial charge in [-0.05, 0) is 61.2 Å². The topological polar surface area (TPSA) is 0 Å². The zero-order valence-corrected chi connectivity index (χ0v) is 21.1. The average Bonchev–Trinajstić information content (AvgIpc) is 3.36. The smallest absolute Gasteiger partial charge is 0.0433 e. The highest BCUT2D eigenvalue weighted by molar-refractivity contribution is 7.26. The Morgan fingerprint density at radius 2 is 1.19 bits per heavy atom. The van der Waals surface area contributed by atoms with Crippen molar-refractivity contribution in [2.24, 2.45) is 0 Å². The number of hydrogen-bond acceptors (Lipinski definition) is 1. The van der Waals surface area contributed by atoms with Crippen LogP contribution in [0.2, 0.25) is 0 Å². The fourth-order valence-corrected chi connectivity index (χ4v) is 7.49. The molecule has 1 heterocycles. The van der Waals surface area contributed by atoms with Crippen molar-refractivity contribution in [3.05, 3.63) is 131 Å². The van der Waals surface area contributed by atoms with E-state index in [1.165, 1.54) is 68.8 Å². The van der Waals surface area contributed by atoms with E-state index in [2.05, 4.69) is 127 Å². The summed E-state index contributed by atoms with van der Waals surface area (Å²) in [4.78, 5) is 0. The summed E-state index contributed by atoms with van der Waals surface area (Å²) in [6, 6.07) is 42.5. The van der Waals surface area contributed by atoms with E-state index < -0.39 is 0 Å². The maximum atomic E-state index is 2.52. The average molecular weight is 489 g/mol. The van der Waals surface area contributed by atoms with Gasteiger partial charge in [0.25, 0.3) is 0 Å². The Morgan fingerprint density at radius 3 is 2.00 bits per heavy atom. The molecule has 0 saturated heterocycles. The van der Waals surface area contributed by atoms with E-state index in [-0.39, 0.29) is 0 Å². The Hall–Kier alpha value is -4.20. The molecule has 1 aliphatic rings. The maximum Gasteiger partial charge on any atom is 0.0433 e. The van der Waals surface area contributed by atoms with E-state index in [0.29, 0.717) is 5.92 Å². The van der Waals surface area contributed by atoms with E-state index >= 15 is 0 Å². The lowest BCUT2D eigenvalue weighted by molar-refractivity contribution is 0.924. The molecule has 6 aromatic carbocycles. The fraction of sp³-hybridized carbons (Fsp3) is 0.0556. The molecule has 1 unspecified atom stereocenters. The molecule has 7 aromatic rings. The van der Waals surface area contributed by atoms with E-state index in [1.807, 2.05) is 11.3 Å². The summed E-state index contributed by atoms with van der Waals surface area (Å²) in [5.74, 6) is 0.360. The first-order chi connectivity index (χ1) is 18.3. The largest absolute Gasteiger partial charge is 0.135 e. The number of rotatable bonds is 2. The van der Waals surface area contributed by atoms with E-state index in [9.17, 15) is 0 Å². The third-order valence-electron chi connectivity index (χ3n) is 7.99. The lowest BCUT2D eigenvalue weighted by atomic mass is 9.86. The quantitative estimate of drug-likeness (QED) is 0.213. The van der Waals surface area contributed by atoms with Gasteiger partial charge in [0.2, 0.25) is 0 Å². The van der Waals surface area contributed by atoms with Gasteiger partial charge in [-0.3, -0.25) is 0 Å². The van der Waals surface area contributed by atoms with Crippen LogP contribution in [0.25, 0.3) is 65.0 Å². The van der Waals surface area contributed by atoms with E-state index in [1.54, 1.807) is 0 Å². The zero-order valence-electron chi connectivity index (χ0n) is 20.3. The number of hydrogen-bond donors (Lipinski definition) is 0. The minimum absolute atomic E-state index is 0.360. The van der Waals surface area contributed by atoms with Crippen molar-refractivity contribution in [2.45, 2.75) is 12.3 Å². The highest BCUT2D eigenvalue weighted by atomic mass is 32.1. The molecular formula is C36H24S. The monoisotopic (exact) mass is 488 g/mol. The number of thiophene rings is 1. The Labute approximate surface area is 219 Å². The molecule has 1 aromatic heterocycles. The van der Waals surface area contributed by atoms with Crippen LogP contribution in [0.15, 0.2) is 115 Å². The molecule has 0 amide bonds. The first kappa shape index (κ1) is 20.9. The highest BCUT2D eigenvalue weighted by Gasteiger charge is 2.16. The molecule has 0 nitrogen and oxygen atoms in total. The van der Waals surface area contributed by atoms with Crippen molar-refractivity contribution < 1.29 is 0 Å². The fourth-order valence-electron chi connectivity index (χ4n) is 6.25. The van der Waals surface area contributed by atoms with Crippen LogP contribution in [0.4, 0.5) is 0 Å². The lowest BCUT2D eigenvalue weighted by Gasteiger charge is -2.18. The second-order valence-corrected chi connectivity index (χ2v) is 11.1. The van der Waals surface area contributed by atoms with Gasteiger partial charge in [0.15, 0.2) is 0 Å². The molecule has 8 rings (SSSR count). The van der Waals surface area contributed by atoms with Gasteiger partial charge in [-0.2, -0.15) is 0 Å². The maximum absolute atomic E-state index is 2.52. The second kappa shape index (κ2) is 8.16. The minimum atomic E-state index is 0.360. The molecule has 0 N–H and O–H groups in total. The van der Waals surface area contributed by atoms with Gasteiger partial charge in [-0.25, -0.2) is 0 Å². The Morgan fingerprint density at radius 1 is 0.541 bits per heavy atom. The van der Waals surface area contributed by atoms with Crippen molar-refractivity contribution in [1.82, 2.24) is 0 Å². The molecule has 1 aliphatic carbocycles. The van der Waals surface area contributed by atoms with Crippen LogP contribution in [-0.2, 0) is 0 Å². The van der Waals surface area contributed by atoms with Crippen LogP contribution in [0, 0.1) is 0 Å². The van der Waals surface area contributed by atoms with Crippen molar-refractivity contribution >= 4 is 65.2 Å². The lowest BCUT2D eigenvalue weighted by Crippen LogP contribution is -2.30. The van der Waals surface area contributed by atoms with Crippen LogP contribution in [0.1, 0.15) is 17.9 Å². The van der Waals surface area contributed by atoms with Crippen molar-refractivity contribution in [3.8, 4) is 11.1 Å². The summed E-state index contributed by atoms with van der Waals surface area (Å²) in [5, 5.41) is 10.9. The zero-order chi connectivity index (χ0) is 24.3. The molecule has 0 bridgehead atoms. The number of fused-ring (bicyclic) bond motifs is 9. The molecule has 174 valence electrons. The molecular weight excluding hydrogens is 464 g/mol. The van der Waals surface area contributed by atoms with Gasteiger partial charge in [-0.15, -0.1) is 11.3 Å². The SMILES string of the molecule is C1=c2c(c3ccccc3c3ccccc23)=CC(c2cccc(-c3cccc4c3sc3ccccc34)c2)C1. The summed E-state index contributed by atoms with van der Waals surface area (Å²) in [6.07, 6.45) is 6.00. The van der Waals surface area contributed by atoms with Crippen LogP contribution in [-0.4, -0.2) is 0 Å². The summed E-state index contributed by atoms with van der Waals surface area (Å²) >= 11 is 1.90. The van der Waals surface area contributed by atoms with E-state index in [0.717, 1.165) is 6.42 Å². The van der Waals surface area contributed by atoms with Crippen LogP contribution < -0.4 is 10.4 Å². The summed E-state index contributed by atoms with van der Waals surface area (Å²) < 4.78 is 2.73. The predicted molar refractivity (Wildman–Crippen MR) is 162 cm³/mol. The third kappa shape index (κ3) is 3.21. The van der Waals surface area contributed by atoms with Gasteiger partial charge in [0.1, 0.15) is 0 Å². The van der Waals surface area contributed by atoms with Gasteiger partial charge >= 0.3 is 0 Å². The molecule has 0 aliphatic heterocycles. The summed E-state index contributed by atoms with van der Waals surface area (Å²) in [5.41, 5.74) is 4.02. The van der Waals surface area contributed by atoms with Crippen molar-refractivity contribution in [2.75, 3.05) is 0 Å². The third-order valence-corrected chi connectivity index (χ3v) is 9.21. The molecule has 0 fully saturated rings. The molecule has 0 spiro atoms. The Bertz CT molecular complexity index is 2130. The first-order valence-corrected chi connectivity index (χ1v) is 13.8. The van der Waals surface area contributed by atoms with Crippen molar-refractivity contribution in [3.63, 3.8) is 0 Å². The molecule has 0 saturated carbocycles. The molecule has 1 heteroatoms. The summed E-state index contributed by atoms with van der Waals surface area (Å²) in [6.45, 7) is 0. The predicted octanol–water partition coefficient (Wildman–Crippen LogP) is 8.78. The molecule has 0 radical (unpaired) electrons. The first-order valence-electron chi connectivity index (χ1n) is 13.0. The molecule has 1 atom stereocenters. The minimum Gasteiger partial charge on any atom is -0.135 e. The Kier molecular flexibility index (Phi) is 4.62. The van der Waals surface area contributed by atoms with Crippen molar-refractivity contribution in [1.29, 1.82) is 0 Å². The van der Waals surface area contributed by atoms with Gasteiger partial charge in [-0.1, -0.05) is 121 Å². The normalized spacial score (nSPS) is 15.1. The standard InChI is InChI=1S/C36H24S/c1-2-13-29-27(11-1)28-12-3-4-14-30(28)34-22-24(19-20-31(29)34)23-9-7-10-25(21-23)26-16-8-17-33-32-15-5-6-18-35(32)37-36(26)33/h1-18,20-22,24H,19H2. The highest BCUT2D eigenvalue weighted by Crippen LogP contribution is 2.40. The van der Waals surface area contributed by atoms with Gasteiger partial charge < -0.3 is 0 Å². The van der Waals surface area contributed by atoms with Gasteiger partial charge in [0, 0.05) is 26.1 Å².